The third-order valence-electron chi connectivity index (χ3n) is 4.39. The molecule has 1 atom stereocenters. The van der Waals surface area contributed by atoms with E-state index >= 15 is 0 Å². The highest BCUT2D eigenvalue weighted by molar-refractivity contribution is 7.89. The first-order valence-corrected chi connectivity index (χ1v) is 11.0. The van der Waals surface area contributed by atoms with Crippen LogP contribution >= 0.6 is 11.6 Å². The lowest BCUT2D eigenvalue weighted by atomic mass is 10.2. The average Bonchev–Trinajstić information content (AvgIpc) is 2.73. The van der Waals surface area contributed by atoms with E-state index in [1.165, 1.54) is 33.2 Å². The molecule has 2 aromatic carbocycles. The maximum absolute atomic E-state index is 12.5. The molecular weight excluding hydrogens is 448 g/mol. The highest BCUT2D eigenvalue weighted by Crippen LogP contribution is 2.32. The average molecular weight is 469 g/mol. The number of amides is 1. The number of halogens is 1. The Hall–Kier alpha value is -2.82. The van der Waals surface area contributed by atoms with Crippen molar-refractivity contribution in [1.29, 1.82) is 0 Å². The molecule has 2 aromatic rings. The molecule has 0 saturated carbocycles. The van der Waals surface area contributed by atoms with Crippen molar-refractivity contribution in [3.8, 4) is 11.5 Å². The molecule has 0 radical (unpaired) electrons. The number of nitrogens with one attached hydrogen (secondary N) is 1. The van der Waals surface area contributed by atoms with Gasteiger partial charge in [0.25, 0.3) is 5.91 Å². The first kappa shape index (κ1) is 22.9. The Morgan fingerprint density at radius 2 is 1.77 bits per heavy atom. The van der Waals surface area contributed by atoms with Crippen LogP contribution in [0.2, 0.25) is 5.02 Å². The van der Waals surface area contributed by atoms with Crippen molar-refractivity contribution in [2.75, 3.05) is 32.6 Å². The van der Waals surface area contributed by atoms with Crippen molar-refractivity contribution < 1.29 is 32.2 Å². The van der Waals surface area contributed by atoms with Crippen LogP contribution in [0.1, 0.15) is 17.3 Å². The van der Waals surface area contributed by atoms with Crippen LogP contribution in [-0.4, -0.2) is 58.0 Å². The number of ether oxygens (including phenoxy) is 3. The van der Waals surface area contributed by atoms with E-state index in [1.54, 1.807) is 18.2 Å². The minimum Gasteiger partial charge on any atom is -0.486 e. The predicted octanol–water partition coefficient (Wildman–Crippen LogP) is 2.55. The van der Waals surface area contributed by atoms with Crippen molar-refractivity contribution in [2.45, 2.75) is 17.9 Å². The summed E-state index contributed by atoms with van der Waals surface area (Å²) >= 11 is 5.99. The lowest BCUT2D eigenvalue weighted by Gasteiger charge is -2.19. The van der Waals surface area contributed by atoms with E-state index in [1.807, 2.05) is 0 Å². The lowest BCUT2D eigenvalue weighted by molar-refractivity contribution is -0.123. The maximum Gasteiger partial charge on any atom is 0.338 e. The smallest absolute Gasteiger partial charge is 0.338 e. The molecular formula is C20H21ClN2O7S. The van der Waals surface area contributed by atoms with E-state index < -0.39 is 28.0 Å². The van der Waals surface area contributed by atoms with Crippen LogP contribution in [0, 0.1) is 0 Å². The van der Waals surface area contributed by atoms with Crippen LogP contribution in [0.15, 0.2) is 41.3 Å². The van der Waals surface area contributed by atoms with E-state index in [9.17, 15) is 18.0 Å². The molecule has 1 amide bonds. The van der Waals surface area contributed by atoms with Gasteiger partial charge in [0.2, 0.25) is 10.0 Å². The second kappa shape index (κ2) is 9.13. The maximum atomic E-state index is 12.5. The number of sulfonamides is 1. The van der Waals surface area contributed by atoms with Gasteiger partial charge in [-0.25, -0.2) is 17.5 Å². The molecule has 1 N–H and O–H groups in total. The van der Waals surface area contributed by atoms with Gasteiger partial charge in [0.15, 0.2) is 17.6 Å². The van der Waals surface area contributed by atoms with Crippen molar-refractivity contribution in [3.63, 3.8) is 0 Å². The van der Waals surface area contributed by atoms with E-state index in [0.717, 1.165) is 10.4 Å². The quantitative estimate of drug-likeness (QED) is 0.648. The Kier molecular flexibility index (Phi) is 6.73. The summed E-state index contributed by atoms with van der Waals surface area (Å²) in [5.41, 5.74) is 0.395. The summed E-state index contributed by atoms with van der Waals surface area (Å²) < 4.78 is 41.8. The fraction of sp³-hybridized carbons (Fsp3) is 0.300. The van der Waals surface area contributed by atoms with E-state index in [0.29, 0.717) is 30.4 Å². The van der Waals surface area contributed by atoms with Crippen LogP contribution in [0.4, 0.5) is 5.69 Å². The van der Waals surface area contributed by atoms with E-state index in [-0.39, 0.29) is 15.5 Å². The minimum absolute atomic E-state index is 0.0327. The van der Waals surface area contributed by atoms with E-state index in [2.05, 4.69) is 5.32 Å². The van der Waals surface area contributed by atoms with Crippen LogP contribution in [0.25, 0.3) is 0 Å². The summed E-state index contributed by atoms with van der Waals surface area (Å²) in [5, 5.41) is 2.60. The third kappa shape index (κ3) is 5.09. The summed E-state index contributed by atoms with van der Waals surface area (Å²) in [6.45, 7) is 2.26. The fourth-order valence-electron chi connectivity index (χ4n) is 2.67. The lowest BCUT2D eigenvalue weighted by Crippen LogP contribution is -2.30. The summed E-state index contributed by atoms with van der Waals surface area (Å²) in [4.78, 5) is 24.7. The van der Waals surface area contributed by atoms with Gasteiger partial charge in [-0.1, -0.05) is 11.6 Å². The standard InChI is InChI=1S/C20H21ClN2O7S/c1-12(19(24)22-14-5-7-16-17(11-14)29-9-8-28-16)30-20(25)13-4-6-15(21)18(10-13)31(26,27)23(2)3/h4-7,10-12H,8-9H2,1-3H3,(H,22,24). The van der Waals surface area contributed by atoms with Gasteiger partial charge in [-0.15, -0.1) is 0 Å². The number of carbonyl (C=O) groups is 2. The van der Waals surface area contributed by atoms with Crippen molar-refractivity contribution in [3.05, 3.63) is 47.0 Å². The van der Waals surface area contributed by atoms with Crippen molar-refractivity contribution in [2.24, 2.45) is 0 Å². The van der Waals surface area contributed by atoms with Crippen molar-refractivity contribution in [1.82, 2.24) is 4.31 Å². The third-order valence-corrected chi connectivity index (χ3v) is 6.68. The molecule has 0 aliphatic carbocycles. The van der Waals surface area contributed by atoms with Crippen LogP contribution in [-0.2, 0) is 19.6 Å². The molecule has 11 heteroatoms. The normalized spacial score (nSPS) is 14.1. The van der Waals surface area contributed by atoms with Crippen LogP contribution < -0.4 is 14.8 Å². The number of esters is 1. The Morgan fingerprint density at radius 1 is 1.10 bits per heavy atom. The van der Waals surface area contributed by atoms with Gasteiger partial charge in [-0.2, -0.15) is 0 Å². The summed E-state index contributed by atoms with van der Waals surface area (Å²) in [6.07, 6.45) is -1.15. The zero-order valence-electron chi connectivity index (χ0n) is 17.0. The highest BCUT2D eigenvalue weighted by Gasteiger charge is 2.25. The van der Waals surface area contributed by atoms with Gasteiger partial charge in [-0.05, 0) is 37.3 Å². The van der Waals surface area contributed by atoms with Gasteiger partial charge in [0, 0.05) is 25.8 Å². The summed E-state index contributed by atoms with van der Waals surface area (Å²) in [7, 11) is -1.17. The predicted molar refractivity (Wildman–Crippen MR) is 113 cm³/mol. The molecule has 0 spiro atoms. The zero-order chi connectivity index (χ0) is 22.8. The largest absolute Gasteiger partial charge is 0.486 e. The number of fused-ring (bicyclic) bond motifs is 1. The monoisotopic (exact) mass is 468 g/mol. The Bertz CT molecular complexity index is 1120. The fourth-order valence-corrected chi connectivity index (χ4v) is 4.07. The number of nitrogens with zero attached hydrogens (tertiary/aromatic N) is 1. The molecule has 0 aromatic heterocycles. The number of anilines is 1. The number of hydrogen-bond donors (Lipinski definition) is 1. The molecule has 9 nitrogen and oxygen atoms in total. The molecule has 1 aliphatic heterocycles. The number of carbonyl (C=O) groups excluding carboxylic acids is 2. The van der Waals surface area contributed by atoms with Gasteiger partial charge in [0.1, 0.15) is 18.1 Å². The van der Waals surface area contributed by atoms with Crippen LogP contribution in [0.5, 0.6) is 11.5 Å². The molecule has 0 bridgehead atoms. The van der Waals surface area contributed by atoms with Gasteiger partial charge < -0.3 is 19.5 Å². The first-order chi connectivity index (χ1) is 14.6. The zero-order valence-corrected chi connectivity index (χ0v) is 18.6. The minimum atomic E-state index is -3.86. The van der Waals surface area contributed by atoms with Gasteiger partial charge in [0.05, 0.1) is 10.6 Å². The number of hydrogen-bond acceptors (Lipinski definition) is 7. The van der Waals surface area contributed by atoms with E-state index in [4.69, 9.17) is 25.8 Å². The topological polar surface area (TPSA) is 111 Å². The SMILES string of the molecule is CC(OC(=O)c1ccc(Cl)c(S(=O)(=O)N(C)C)c1)C(=O)Nc1ccc2c(c1)OCCO2. The highest BCUT2D eigenvalue weighted by atomic mass is 35.5. The van der Waals surface area contributed by atoms with Crippen molar-refractivity contribution >= 4 is 39.2 Å². The van der Waals surface area contributed by atoms with Gasteiger partial charge >= 0.3 is 5.97 Å². The molecule has 31 heavy (non-hydrogen) atoms. The first-order valence-electron chi connectivity index (χ1n) is 9.23. The molecule has 0 fully saturated rings. The number of rotatable bonds is 6. The second-order valence-electron chi connectivity index (χ2n) is 6.83. The Labute approximate surface area is 184 Å². The second-order valence-corrected chi connectivity index (χ2v) is 9.36. The molecule has 1 heterocycles. The molecule has 1 aliphatic rings. The van der Waals surface area contributed by atoms with Gasteiger partial charge in [-0.3, -0.25) is 4.79 Å². The number of benzene rings is 2. The molecule has 0 saturated heterocycles. The van der Waals surface area contributed by atoms with Crippen LogP contribution in [0.3, 0.4) is 0 Å². The Balaban J connectivity index is 1.70. The molecule has 166 valence electrons. The Morgan fingerprint density at radius 3 is 2.45 bits per heavy atom. The molecule has 1 unspecified atom stereocenters. The summed E-state index contributed by atoms with van der Waals surface area (Å²) in [6, 6.07) is 8.64. The molecule has 3 rings (SSSR count). The summed E-state index contributed by atoms with van der Waals surface area (Å²) in [5.74, 6) is -0.351.